The average Bonchev–Trinajstić information content (AvgIpc) is 2.39. The maximum absolute atomic E-state index is 12.7. The summed E-state index contributed by atoms with van der Waals surface area (Å²) < 4.78 is 24.5. The third-order valence-corrected chi connectivity index (χ3v) is 5.90. The quantitative estimate of drug-likeness (QED) is 0.859. The van der Waals surface area contributed by atoms with Gasteiger partial charge in [0.15, 0.2) is 9.84 Å². The second-order valence-corrected chi connectivity index (χ2v) is 8.56. The zero-order valence-corrected chi connectivity index (χ0v) is 12.9. The average molecular weight is 288 g/mol. The molecule has 0 aliphatic rings. The van der Waals surface area contributed by atoms with Crippen molar-refractivity contribution in [2.24, 2.45) is 0 Å². The third-order valence-electron chi connectivity index (χ3n) is 3.31. The summed E-state index contributed by atoms with van der Waals surface area (Å²) in [6, 6.07) is 17.2. The molecule has 106 valence electrons. The normalized spacial score (nSPS) is 12.3. The predicted molar refractivity (Wildman–Crippen MR) is 82.6 cm³/mol. The molecule has 0 radical (unpaired) electrons. The van der Waals surface area contributed by atoms with Gasteiger partial charge in [-0.25, -0.2) is 8.42 Å². The number of hydrogen-bond donors (Lipinski definition) is 0. The van der Waals surface area contributed by atoms with Gasteiger partial charge in [-0.15, -0.1) is 0 Å². The summed E-state index contributed by atoms with van der Waals surface area (Å²) >= 11 is 0. The van der Waals surface area contributed by atoms with Gasteiger partial charge in [0.25, 0.3) is 0 Å². The van der Waals surface area contributed by atoms with Crippen molar-refractivity contribution in [1.82, 2.24) is 0 Å². The molecule has 0 fully saturated rings. The van der Waals surface area contributed by atoms with Crippen molar-refractivity contribution in [3.05, 3.63) is 65.7 Å². The van der Waals surface area contributed by atoms with Crippen molar-refractivity contribution < 1.29 is 8.42 Å². The zero-order chi connectivity index (χ0) is 14.8. The highest BCUT2D eigenvalue weighted by Gasteiger charge is 2.32. The van der Waals surface area contributed by atoms with Gasteiger partial charge in [-0.2, -0.15) is 0 Å². The van der Waals surface area contributed by atoms with Crippen LogP contribution in [0, 0.1) is 0 Å². The van der Waals surface area contributed by atoms with Crippen molar-refractivity contribution in [3.8, 4) is 0 Å². The fourth-order valence-corrected chi connectivity index (χ4v) is 3.46. The van der Waals surface area contributed by atoms with Gasteiger partial charge in [0, 0.05) is 0 Å². The molecule has 0 amide bonds. The van der Waals surface area contributed by atoms with Crippen LogP contribution >= 0.6 is 0 Å². The lowest BCUT2D eigenvalue weighted by molar-refractivity contribution is 0.559. The molecule has 2 rings (SSSR count). The summed E-state index contributed by atoms with van der Waals surface area (Å²) in [7, 11) is -3.33. The minimum Gasteiger partial charge on any atom is -0.223 e. The monoisotopic (exact) mass is 288 g/mol. The predicted octanol–water partition coefficient (Wildman–Crippen LogP) is 3.85. The Morgan fingerprint density at radius 2 is 1.40 bits per heavy atom. The van der Waals surface area contributed by atoms with E-state index < -0.39 is 14.6 Å². The van der Waals surface area contributed by atoms with Crippen molar-refractivity contribution in [1.29, 1.82) is 0 Å². The Kier molecular flexibility index (Phi) is 4.00. The summed E-state index contributed by atoms with van der Waals surface area (Å²) in [5.41, 5.74) is 1.97. The number of benzene rings is 2. The molecule has 0 aliphatic heterocycles. The van der Waals surface area contributed by atoms with Gasteiger partial charge >= 0.3 is 0 Å². The van der Waals surface area contributed by atoms with Crippen molar-refractivity contribution in [2.75, 3.05) is 0 Å². The molecule has 0 aliphatic carbocycles. The second-order valence-electron chi connectivity index (χ2n) is 5.89. The Morgan fingerprint density at radius 1 is 0.850 bits per heavy atom. The molecular formula is C17H20O2S. The first-order chi connectivity index (χ1) is 9.32. The van der Waals surface area contributed by atoms with E-state index >= 15 is 0 Å². The topological polar surface area (TPSA) is 34.1 Å². The number of rotatable bonds is 3. The molecule has 0 heterocycles. The molecule has 0 spiro atoms. The van der Waals surface area contributed by atoms with E-state index in [4.69, 9.17) is 0 Å². The first-order valence-electron chi connectivity index (χ1n) is 6.69. The molecule has 20 heavy (non-hydrogen) atoms. The van der Waals surface area contributed by atoms with Crippen LogP contribution in [0.3, 0.4) is 0 Å². The van der Waals surface area contributed by atoms with Crippen LogP contribution in [0.15, 0.2) is 59.5 Å². The largest absolute Gasteiger partial charge is 0.223 e. The molecule has 0 unspecified atom stereocenters. The molecule has 2 aromatic rings. The Morgan fingerprint density at radius 3 is 2.00 bits per heavy atom. The van der Waals surface area contributed by atoms with Gasteiger partial charge in [0.05, 0.1) is 9.64 Å². The SMILES string of the molecule is CC(C)(C)S(=O)(=O)c1ccccc1Cc1ccccc1. The third kappa shape index (κ3) is 2.93. The number of hydrogen-bond acceptors (Lipinski definition) is 2. The molecule has 0 bridgehead atoms. The van der Waals surface area contributed by atoms with E-state index in [1.54, 1.807) is 32.9 Å². The van der Waals surface area contributed by atoms with Crippen LogP contribution in [0.5, 0.6) is 0 Å². The molecule has 0 aromatic heterocycles. The summed E-state index contributed by atoms with van der Waals surface area (Å²) in [6.07, 6.45) is 0.631. The lowest BCUT2D eigenvalue weighted by Crippen LogP contribution is -2.28. The Balaban J connectivity index is 2.47. The van der Waals surface area contributed by atoms with Crippen molar-refractivity contribution >= 4 is 9.84 Å². The molecule has 0 N–H and O–H groups in total. The highest BCUT2D eigenvalue weighted by molar-refractivity contribution is 7.92. The summed E-state index contributed by atoms with van der Waals surface area (Å²) in [5.74, 6) is 0. The minimum absolute atomic E-state index is 0.441. The van der Waals surface area contributed by atoms with E-state index in [1.807, 2.05) is 42.5 Å². The van der Waals surface area contributed by atoms with Gasteiger partial charge in [-0.1, -0.05) is 48.5 Å². The van der Waals surface area contributed by atoms with Crippen LogP contribution < -0.4 is 0 Å². The van der Waals surface area contributed by atoms with Crippen LogP contribution in [0.4, 0.5) is 0 Å². The van der Waals surface area contributed by atoms with Gasteiger partial charge in [-0.3, -0.25) is 0 Å². The van der Waals surface area contributed by atoms with E-state index in [2.05, 4.69) is 0 Å². The van der Waals surface area contributed by atoms with Gasteiger partial charge in [-0.05, 0) is 44.4 Å². The van der Waals surface area contributed by atoms with Crippen LogP contribution in [-0.2, 0) is 16.3 Å². The summed E-state index contributed by atoms with van der Waals surface area (Å²) in [4.78, 5) is 0.441. The molecule has 2 aromatic carbocycles. The molecule has 2 nitrogen and oxygen atoms in total. The number of sulfone groups is 1. The van der Waals surface area contributed by atoms with E-state index in [-0.39, 0.29) is 0 Å². The summed E-state index contributed by atoms with van der Waals surface area (Å²) in [6.45, 7) is 5.21. The Bertz CT molecular complexity index is 680. The smallest absolute Gasteiger partial charge is 0.183 e. The van der Waals surface area contributed by atoms with Crippen LogP contribution in [0.25, 0.3) is 0 Å². The molecule has 0 saturated carbocycles. The van der Waals surface area contributed by atoms with Crippen LogP contribution in [-0.4, -0.2) is 13.2 Å². The maximum Gasteiger partial charge on any atom is 0.183 e. The van der Waals surface area contributed by atoms with Gasteiger partial charge < -0.3 is 0 Å². The fourth-order valence-electron chi connectivity index (χ4n) is 2.06. The maximum atomic E-state index is 12.7. The van der Waals surface area contributed by atoms with E-state index in [9.17, 15) is 8.42 Å². The first kappa shape index (κ1) is 14.8. The summed E-state index contributed by atoms with van der Waals surface area (Å²) in [5, 5.41) is 0. The second kappa shape index (κ2) is 5.41. The van der Waals surface area contributed by atoms with Crippen LogP contribution in [0.2, 0.25) is 0 Å². The highest BCUT2D eigenvalue weighted by Crippen LogP contribution is 2.28. The highest BCUT2D eigenvalue weighted by atomic mass is 32.2. The molecule has 0 atom stereocenters. The first-order valence-corrected chi connectivity index (χ1v) is 8.17. The molecule has 3 heteroatoms. The zero-order valence-electron chi connectivity index (χ0n) is 12.1. The van der Waals surface area contributed by atoms with E-state index in [1.165, 1.54) is 0 Å². The Hall–Kier alpha value is -1.61. The van der Waals surface area contributed by atoms with E-state index in [0.29, 0.717) is 11.3 Å². The lowest BCUT2D eigenvalue weighted by atomic mass is 10.1. The molecular weight excluding hydrogens is 268 g/mol. The van der Waals surface area contributed by atoms with Crippen molar-refractivity contribution in [3.63, 3.8) is 0 Å². The lowest BCUT2D eigenvalue weighted by Gasteiger charge is -2.21. The van der Waals surface area contributed by atoms with Crippen LogP contribution in [0.1, 0.15) is 31.9 Å². The Labute approximate surface area is 121 Å². The minimum atomic E-state index is -3.33. The molecule has 0 saturated heterocycles. The van der Waals surface area contributed by atoms with Gasteiger partial charge in [0.1, 0.15) is 0 Å². The fraction of sp³-hybridized carbons (Fsp3) is 0.294. The van der Waals surface area contributed by atoms with Gasteiger partial charge in [0.2, 0.25) is 0 Å². The van der Waals surface area contributed by atoms with Crippen molar-refractivity contribution in [2.45, 2.75) is 36.8 Å². The standard InChI is InChI=1S/C17H20O2S/c1-17(2,3)20(18,19)16-12-8-7-11-15(16)13-14-9-5-4-6-10-14/h4-12H,13H2,1-3H3. The van der Waals surface area contributed by atoms with E-state index in [0.717, 1.165) is 11.1 Å².